The molecule has 1 amide bonds. The Hall–Kier alpha value is -1.97. The molecular formula is C15H17NO3. The predicted molar refractivity (Wildman–Crippen MR) is 72.3 cm³/mol. The molecule has 0 unspecified atom stereocenters. The number of ketones is 2. The van der Waals surface area contributed by atoms with Gasteiger partial charge in [-0.05, 0) is 18.6 Å². The maximum atomic E-state index is 12.1. The Bertz CT molecular complexity index is 582. The van der Waals surface area contributed by atoms with Crippen LogP contribution in [0.5, 0.6) is 0 Å². The molecule has 0 bridgehead atoms. The third-order valence-electron chi connectivity index (χ3n) is 3.33. The predicted octanol–water partition coefficient (Wildman–Crippen LogP) is 2.14. The van der Waals surface area contributed by atoms with E-state index in [4.69, 9.17) is 0 Å². The van der Waals surface area contributed by atoms with Gasteiger partial charge in [-0.25, -0.2) is 0 Å². The van der Waals surface area contributed by atoms with E-state index >= 15 is 0 Å². The van der Waals surface area contributed by atoms with Gasteiger partial charge in [0.1, 0.15) is 0 Å². The Morgan fingerprint density at radius 3 is 2.42 bits per heavy atom. The lowest BCUT2D eigenvalue weighted by atomic mass is 9.90. The molecule has 1 aliphatic rings. The summed E-state index contributed by atoms with van der Waals surface area (Å²) in [4.78, 5) is 37.3. The molecule has 0 saturated carbocycles. The van der Waals surface area contributed by atoms with Gasteiger partial charge in [0.05, 0.1) is 17.8 Å². The molecule has 1 heterocycles. The first-order chi connectivity index (χ1) is 8.73. The number of hydrogen-bond donors (Lipinski definition) is 0. The minimum Gasteiger partial charge on any atom is -0.297 e. The molecule has 0 atom stereocenters. The van der Waals surface area contributed by atoms with Crippen molar-refractivity contribution in [1.82, 2.24) is 0 Å². The highest BCUT2D eigenvalue weighted by Crippen LogP contribution is 2.32. The van der Waals surface area contributed by atoms with Crippen LogP contribution in [0.3, 0.4) is 0 Å². The summed E-state index contributed by atoms with van der Waals surface area (Å²) < 4.78 is 0. The molecule has 0 spiro atoms. The van der Waals surface area contributed by atoms with E-state index in [0.717, 1.165) is 5.56 Å². The number of benzene rings is 1. The number of anilines is 1. The zero-order valence-corrected chi connectivity index (χ0v) is 11.6. The molecule has 1 aromatic carbocycles. The van der Waals surface area contributed by atoms with E-state index in [2.05, 4.69) is 0 Å². The normalized spacial score (nSPS) is 14.8. The summed E-state index contributed by atoms with van der Waals surface area (Å²) in [6.07, 6.45) is 0. The number of amides is 1. The molecule has 0 aromatic heterocycles. The van der Waals surface area contributed by atoms with E-state index in [1.54, 1.807) is 32.9 Å². The summed E-state index contributed by atoms with van der Waals surface area (Å²) in [5, 5.41) is 0. The molecule has 0 fully saturated rings. The first kappa shape index (κ1) is 13.5. The quantitative estimate of drug-likeness (QED) is 0.765. The number of fused-ring (bicyclic) bond motifs is 1. The van der Waals surface area contributed by atoms with E-state index in [1.165, 1.54) is 4.90 Å². The van der Waals surface area contributed by atoms with E-state index in [1.807, 2.05) is 13.0 Å². The second-order valence-electron chi connectivity index (χ2n) is 5.86. The number of carbonyl (C=O) groups excluding carboxylic acids is 3. The summed E-state index contributed by atoms with van der Waals surface area (Å²) in [5.74, 6) is -1.20. The number of aryl methyl sites for hydroxylation is 1. The molecule has 0 saturated heterocycles. The molecule has 0 radical (unpaired) electrons. The average molecular weight is 259 g/mol. The van der Waals surface area contributed by atoms with Gasteiger partial charge in [0.15, 0.2) is 5.78 Å². The van der Waals surface area contributed by atoms with Gasteiger partial charge in [-0.2, -0.15) is 0 Å². The van der Waals surface area contributed by atoms with Crippen molar-refractivity contribution < 1.29 is 14.4 Å². The van der Waals surface area contributed by atoms with E-state index < -0.39 is 17.1 Å². The van der Waals surface area contributed by atoms with Crippen molar-refractivity contribution in [2.75, 3.05) is 11.4 Å². The van der Waals surface area contributed by atoms with Crippen LogP contribution in [0, 0.1) is 12.3 Å². The number of rotatable bonds is 2. The fourth-order valence-corrected chi connectivity index (χ4v) is 2.07. The van der Waals surface area contributed by atoms with Crippen LogP contribution in [0.4, 0.5) is 5.69 Å². The largest absolute Gasteiger partial charge is 0.299 e. The third kappa shape index (κ3) is 2.18. The van der Waals surface area contributed by atoms with Crippen LogP contribution in [0.15, 0.2) is 18.2 Å². The number of hydrogen-bond acceptors (Lipinski definition) is 3. The van der Waals surface area contributed by atoms with Crippen molar-refractivity contribution in [3.8, 4) is 0 Å². The van der Waals surface area contributed by atoms with Crippen molar-refractivity contribution in [3.05, 3.63) is 29.3 Å². The van der Waals surface area contributed by atoms with Crippen LogP contribution < -0.4 is 4.90 Å². The fourth-order valence-electron chi connectivity index (χ4n) is 2.07. The molecule has 4 nitrogen and oxygen atoms in total. The zero-order chi connectivity index (χ0) is 14.4. The lowest BCUT2D eigenvalue weighted by Gasteiger charge is -2.23. The highest BCUT2D eigenvalue weighted by Gasteiger charge is 2.39. The number of carbonyl (C=O) groups is 3. The summed E-state index contributed by atoms with van der Waals surface area (Å²) in [6.45, 7) is 7.19. The van der Waals surface area contributed by atoms with Crippen molar-refractivity contribution in [1.29, 1.82) is 0 Å². The second-order valence-corrected chi connectivity index (χ2v) is 5.86. The monoisotopic (exact) mass is 259 g/mol. The Kier molecular flexibility index (Phi) is 3.04. The van der Waals surface area contributed by atoms with Crippen molar-refractivity contribution >= 4 is 23.2 Å². The minimum atomic E-state index is -0.609. The van der Waals surface area contributed by atoms with E-state index in [9.17, 15) is 14.4 Å². The first-order valence-electron chi connectivity index (χ1n) is 6.22. The second kappa shape index (κ2) is 4.30. The Balaban J connectivity index is 2.42. The maximum absolute atomic E-state index is 12.1. The molecular weight excluding hydrogens is 242 g/mol. The molecule has 4 heteroatoms. The maximum Gasteiger partial charge on any atom is 0.299 e. The summed E-state index contributed by atoms with van der Waals surface area (Å²) in [6, 6.07) is 5.21. The first-order valence-corrected chi connectivity index (χ1v) is 6.22. The number of nitrogens with zero attached hydrogens (tertiary/aromatic N) is 1. The molecule has 19 heavy (non-hydrogen) atoms. The zero-order valence-electron chi connectivity index (χ0n) is 11.6. The fraction of sp³-hybridized carbons (Fsp3) is 0.400. The summed E-state index contributed by atoms with van der Waals surface area (Å²) in [5.41, 5.74) is 1.27. The summed E-state index contributed by atoms with van der Waals surface area (Å²) in [7, 11) is 0. The highest BCUT2D eigenvalue weighted by atomic mass is 16.2. The topological polar surface area (TPSA) is 54.5 Å². The van der Waals surface area contributed by atoms with Gasteiger partial charge >= 0.3 is 0 Å². The smallest absolute Gasteiger partial charge is 0.297 e. The average Bonchev–Trinajstić information content (AvgIpc) is 2.55. The minimum absolute atomic E-state index is 0.0497. The number of para-hydroxylation sites is 1. The van der Waals surface area contributed by atoms with Crippen LogP contribution >= 0.6 is 0 Å². The Morgan fingerprint density at radius 2 is 1.84 bits per heavy atom. The van der Waals surface area contributed by atoms with Crippen LogP contribution in [0.2, 0.25) is 0 Å². The molecule has 1 aromatic rings. The molecule has 2 rings (SSSR count). The van der Waals surface area contributed by atoms with Crippen LogP contribution in [0.25, 0.3) is 0 Å². The Morgan fingerprint density at radius 1 is 1.21 bits per heavy atom. The van der Waals surface area contributed by atoms with Crippen LogP contribution in [-0.4, -0.2) is 24.0 Å². The SMILES string of the molecule is Cc1cccc2c1N(CC(=O)C(C)(C)C)C(=O)C2=O. The van der Waals surface area contributed by atoms with E-state index in [-0.39, 0.29) is 12.3 Å². The lowest BCUT2D eigenvalue weighted by Crippen LogP contribution is -2.39. The Labute approximate surface area is 112 Å². The van der Waals surface area contributed by atoms with Gasteiger partial charge < -0.3 is 0 Å². The van der Waals surface area contributed by atoms with Crippen molar-refractivity contribution in [3.63, 3.8) is 0 Å². The van der Waals surface area contributed by atoms with Gasteiger partial charge in [-0.15, -0.1) is 0 Å². The highest BCUT2D eigenvalue weighted by molar-refractivity contribution is 6.52. The molecule has 100 valence electrons. The van der Waals surface area contributed by atoms with Crippen molar-refractivity contribution in [2.45, 2.75) is 27.7 Å². The lowest BCUT2D eigenvalue weighted by molar-refractivity contribution is -0.126. The molecule has 0 aliphatic carbocycles. The van der Waals surface area contributed by atoms with Gasteiger partial charge in [-0.1, -0.05) is 32.9 Å². The van der Waals surface area contributed by atoms with Gasteiger partial charge in [0.25, 0.3) is 11.7 Å². The summed E-state index contributed by atoms with van der Waals surface area (Å²) >= 11 is 0. The van der Waals surface area contributed by atoms with Crippen molar-refractivity contribution in [2.24, 2.45) is 5.41 Å². The molecule has 0 N–H and O–H groups in total. The third-order valence-corrected chi connectivity index (χ3v) is 3.33. The van der Waals surface area contributed by atoms with Gasteiger partial charge in [0, 0.05) is 5.41 Å². The standard InChI is InChI=1S/C15H17NO3/c1-9-6-5-7-10-12(9)16(14(19)13(10)18)8-11(17)15(2,3)4/h5-7H,8H2,1-4H3. The van der Waals surface area contributed by atoms with E-state index in [0.29, 0.717) is 11.3 Å². The number of Topliss-reactive ketones (excluding diaryl/α,β-unsaturated/α-hetero) is 2. The van der Waals surface area contributed by atoms with Gasteiger partial charge in [-0.3, -0.25) is 19.3 Å². The molecule has 1 aliphatic heterocycles. The van der Waals surface area contributed by atoms with Gasteiger partial charge in [0.2, 0.25) is 0 Å². The van der Waals surface area contributed by atoms with Crippen LogP contribution in [-0.2, 0) is 9.59 Å². The van der Waals surface area contributed by atoms with Crippen LogP contribution in [0.1, 0.15) is 36.7 Å².